The Bertz CT molecular complexity index is 729. The van der Waals surface area contributed by atoms with Gasteiger partial charge in [-0.3, -0.25) is 9.00 Å². The van der Waals surface area contributed by atoms with Crippen LogP contribution in [0.25, 0.3) is 11.5 Å². The van der Waals surface area contributed by atoms with Crippen LogP contribution in [0.2, 0.25) is 0 Å². The molecular weight excluding hydrogens is 324 g/mol. The molecule has 0 radical (unpaired) electrons. The molecule has 0 saturated carbocycles. The minimum Gasteiger partial charge on any atom is -0.444 e. The molecule has 5 nitrogen and oxygen atoms in total. The molecular formula is C18H24N2O3S. The third-order valence-corrected chi connectivity index (χ3v) is 4.99. The molecule has 2 rings (SSSR count). The number of carbonyl (C=O) groups excluding carboxylic acids is 1. The van der Waals surface area contributed by atoms with Gasteiger partial charge in [0.05, 0.1) is 11.4 Å². The molecule has 0 bridgehead atoms. The van der Waals surface area contributed by atoms with Gasteiger partial charge in [0.1, 0.15) is 11.5 Å². The van der Waals surface area contributed by atoms with Gasteiger partial charge in [-0.25, -0.2) is 4.98 Å². The molecule has 6 heteroatoms. The van der Waals surface area contributed by atoms with Gasteiger partial charge in [-0.2, -0.15) is 0 Å². The summed E-state index contributed by atoms with van der Waals surface area (Å²) in [5, 5.41) is 2.24. The highest BCUT2D eigenvalue weighted by atomic mass is 32.2. The summed E-state index contributed by atoms with van der Waals surface area (Å²) in [7, 11) is -1.36. The van der Waals surface area contributed by atoms with Crippen molar-refractivity contribution in [2.45, 2.75) is 51.2 Å². The minimum atomic E-state index is -1.36. The second-order valence-corrected chi connectivity index (χ2v) is 8.67. The lowest BCUT2D eigenvalue weighted by Gasteiger charge is -2.22. The predicted molar refractivity (Wildman–Crippen MR) is 95.9 cm³/mol. The van der Waals surface area contributed by atoms with Crippen LogP contribution in [0.4, 0.5) is 0 Å². The average molecular weight is 348 g/mol. The van der Waals surface area contributed by atoms with Gasteiger partial charge in [0, 0.05) is 21.9 Å². The van der Waals surface area contributed by atoms with Crippen molar-refractivity contribution < 1.29 is 13.4 Å². The van der Waals surface area contributed by atoms with Crippen LogP contribution in [0.5, 0.6) is 0 Å². The number of oxazole rings is 1. The summed E-state index contributed by atoms with van der Waals surface area (Å²) < 4.78 is 17.9. The fourth-order valence-corrected chi connectivity index (χ4v) is 3.04. The molecule has 2 aromatic rings. The number of rotatable bonds is 5. The van der Waals surface area contributed by atoms with Gasteiger partial charge in [0.25, 0.3) is 0 Å². The van der Waals surface area contributed by atoms with E-state index >= 15 is 0 Å². The number of hydrogen-bond acceptors (Lipinski definition) is 4. The average Bonchev–Trinajstić information content (AvgIpc) is 2.93. The lowest BCUT2D eigenvalue weighted by atomic mass is 10.1. The van der Waals surface area contributed by atoms with Crippen molar-refractivity contribution >= 4 is 16.7 Å². The van der Waals surface area contributed by atoms with Crippen LogP contribution in [0.1, 0.15) is 39.0 Å². The second kappa shape index (κ2) is 7.30. The van der Waals surface area contributed by atoms with E-state index in [9.17, 15) is 9.00 Å². The minimum absolute atomic E-state index is 0.189. The number of hydrogen-bond donors (Lipinski definition) is 1. The molecule has 1 N–H and O–H groups in total. The SMILES string of the molecule is Cc1ccc(-c2nc(C[S@@](=O)[C@@H](C)C(=O)NC(C)(C)C)co2)cc1. The standard InChI is InChI=1S/C18H24N2O3S/c1-12-6-8-14(9-7-12)17-19-15(10-23-17)11-24(22)13(2)16(21)20-18(3,4)5/h6-10,13H,11H2,1-5H3,(H,20,21)/t13-,24+/m0/s1. The predicted octanol–water partition coefficient (Wildman–Crippen LogP) is 3.20. The Morgan fingerprint density at radius 3 is 2.50 bits per heavy atom. The molecule has 1 aromatic carbocycles. The largest absolute Gasteiger partial charge is 0.444 e. The Kier molecular flexibility index (Phi) is 5.59. The molecule has 0 aliphatic rings. The Labute approximate surface area is 145 Å². The number of aromatic nitrogens is 1. The van der Waals surface area contributed by atoms with E-state index < -0.39 is 16.0 Å². The lowest BCUT2D eigenvalue weighted by molar-refractivity contribution is -0.121. The van der Waals surface area contributed by atoms with E-state index in [2.05, 4.69) is 10.3 Å². The lowest BCUT2D eigenvalue weighted by Crippen LogP contribution is -2.46. The van der Waals surface area contributed by atoms with E-state index in [1.54, 1.807) is 6.92 Å². The normalized spacial score (nSPS) is 14.2. The number of nitrogens with zero attached hydrogens (tertiary/aromatic N) is 1. The van der Waals surface area contributed by atoms with Gasteiger partial charge in [0.15, 0.2) is 0 Å². The number of nitrogens with one attached hydrogen (secondary N) is 1. The van der Waals surface area contributed by atoms with E-state index in [0.29, 0.717) is 11.6 Å². The number of benzene rings is 1. The van der Waals surface area contributed by atoms with Gasteiger partial charge in [-0.05, 0) is 46.8 Å². The third-order valence-electron chi connectivity index (χ3n) is 3.40. The van der Waals surface area contributed by atoms with E-state index in [4.69, 9.17) is 4.42 Å². The molecule has 0 aliphatic heterocycles. The maximum atomic E-state index is 12.4. The van der Waals surface area contributed by atoms with Crippen molar-refractivity contribution in [3.05, 3.63) is 41.8 Å². The third kappa shape index (κ3) is 5.03. The highest BCUT2D eigenvalue weighted by Gasteiger charge is 2.24. The Morgan fingerprint density at radius 2 is 1.92 bits per heavy atom. The van der Waals surface area contributed by atoms with Crippen LogP contribution in [-0.4, -0.2) is 25.9 Å². The molecule has 0 spiro atoms. The van der Waals surface area contributed by atoms with Crippen LogP contribution in [0.3, 0.4) is 0 Å². The molecule has 2 atom stereocenters. The monoisotopic (exact) mass is 348 g/mol. The maximum Gasteiger partial charge on any atom is 0.235 e. The van der Waals surface area contributed by atoms with Gasteiger partial charge >= 0.3 is 0 Å². The Morgan fingerprint density at radius 1 is 1.29 bits per heavy atom. The molecule has 0 aliphatic carbocycles. The molecule has 1 amide bonds. The molecule has 0 unspecified atom stereocenters. The van der Waals surface area contributed by atoms with Crippen LogP contribution in [0.15, 0.2) is 34.9 Å². The summed E-state index contributed by atoms with van der Waals surface area (Å²) >= 11 is 0. The molecule has 24 heavy (non-hydrogen) atoms. The van der Waals surface area contributed by atoms with Gasteiger partial charge in [-0.15, -0.1) is 0 Å². The van der Waals surface area contributed by atoms with Crippen molar-refractivity contribution in [3.8, 4) is 11.5 Å². The number of amides is 1. The van der Waals surface area contributed by atoms with Crippen molar-refractivity contribution in [1.29, 1.82) is 0 Å². The van der Waals surface area contributed by atoms with Crippen LogP contribution in [-0.2, 0) is 21.3 Å². The topological polar surface area (TPSA) is 72.2 Å². The quantitative estimate of drug-likeness (QED) is 0.900. The zero-order chi connectivity index (χ0) is 17.9. The first kappa shape index (κ1) is 18.4. The summed E-state index contributed by atoms with van der Waals surface area (Å²) in [6, 6.07) is 7.83. The summed E-state index contributed by atoms with van der Waals surface area (Å²) in [5.41, 5.74) is 2.27. The highest BCUT2D eigenvalue weighted by molar-refractivity contribution is 7.85. The van der Waals surface area contributed by atoms with Crippen LogP contribution >= 0.6 is 0 Å². The Balaban J connectivity index is 2.02. The van der Waals surface area contributed by atoms with Gasteiger partial charge in [0.2, 0.25) is 11.8 Å². The van der Waals surface area contributed by atoms with Crippen LogP contribution < -0.4 is 5.32 Å². The Hall–Kier alpha value is -1.95. The van der Waals surface area contributed by atoms with Gasteiger partial charge in [-0.1, -0.05) is 17.7 Å². The molecule has 0 saturated heterocycles. The molecule has 130 valence electrons. The number of aryl methyl sites for hydroxylation is 1. The van der Waals surface area contributed by atoms with Crippen molar-refractivity contribution in [2.24, 2.45) is 0 Å². The van der Waals surface area contributed by atoms with Crippen LogP contribution in [0, 0.1) is 6.92 Å². The zero-order valence-electron chi connectivity index (χ0n) is 14.8. The molecule has 1 aromatic heterocycles. The first-order valence-electron chi connectivity index (χ1n) is 7.86. The van der Waals surface area contributed by atoms with Crippen molar-refractivity contribution in [1.82, 2.24) is 10.3 Å². The van der Waals surface area contributed by atoms with Crippen molar-refractivity contribution in [2.75, 3.05) is 0 Å². The maximum absolute atomic E-state index is 12.4. The highest BCUT2D eigenvalue weighted by Crippen LogP contribution is 2.20. The van der Waals surface area contributed by atoms with E-state index in [0.717, 1.165) is 11.1 Å². The number of carbonyl (C=O) groups is 1. The summed E-state index contributed by atoms with van der Waals surface area (Å²) in [4.78, 5) is 16.5. The summed E-state index contributed by atoms with van der Waals surface area (Å²) in [5.74, 6) is 0.463. The van der Waals surface area contributed by atoms with E-state index in [1.165, 1.54) is 6.26 Å². The fraction of sp³-hybridized carbons (Fsp3) is 0.444. The fourth-order valence-electron chi connectivity index (χ4n) is 2.06. The summed E-state index contributed by atoms with van der Waals surface area (Å²) in [6.07, 6.45) is 1.50. The molecule has 1 heterocycles. The zero-order valence-corrected chi connectivity index (χ0v) is 15.6. The van der Waals surface area contributed by atoms with Crippen molar-refractivity contribution in [3.63, 3.8) is 0 Å². The first-order chi connectivity index (χ1) is 11.2. The van der Waals surface area contributed by atoms with E-state index in [1.807, 2.05) is 52.0 Å². The summed E-state index contributed by atoms with van der Waals surface area (Å²) in [6.45, 7) is 9.36. The van der Waals surface area contributed by atoms with Gasteiger partial charge < -0.3 is 9.73 Å². The van der Waals surface area contributed by atoms with E-state index in [-0.39, 0.29) is 17.2 Å². The first-order valence-corrected chi connectivity index (χ1v) is 9.24. The molecule has 0 fully saturated rings. The smallest absolute Gasteiger partial charge is 0.235 e. The second-order valence-electron chi connectivity index (χ2n) is 6.92.